The summed E-state index contributed by atoms with van der Waals surface area (Å²) in [5, 5.41) is 65.1. The summed E-state index contributed by atoms with van der Waals surface area (Å²) in [5.41, 5.74) is 20.8. The Bertz CT molecular complexity index is 3520. The molecule has 4 aromatic rings. The largest absolute Gasteiger partial charge is 0.393 e. The molecule has 4 saturated carbocycles. The Kier molecular flexibility index (Phi) is 22.2. The number of hydrogen-bond acceptors (Lipinski definition) is 24. The third-order valence-electron chi connectivity index (χ3n) is 14.7. The predicted octanol–water partition coefficient (Wildman–Crippen LogP) is 6.99. The Morgan fingerprint density at radius 2 is 0.739 bits per heavy atom. The first kappa shape index (κ1) is 63.2. The van der Waals surface area contributed by atoms with Gasteiger partial charge in [0.2, 0.25) is 23.8 Å². The molecule has 4 aliphatic carbocycles. The third kappa shape index (κ3) is 24.8. The fourth-order valence-electron chi connectivity index (χ4n) is 9.51. The Hall–Kier alpha value is -7.56. The lowest BCUT2D eigenvalue weighted by molar-refractivity contribution is 0.0737. The number of aromatic nitrogens is 8. The van der Waals surface area contributed by atoms with Crippen molar-refractivity contribution in [2.75, 3.05) is 42.5 Å². The summed E-state index contributed by atoms with van der Waals surface area (Å²) >= 11 is 0. The van der Waals surface area contributed by atoms with E-state index in [2.05, 4.69) is 82.4 Å². The van der Waals surface area contributed by atoms with E-state index in [0.29, 0.717) is 49.3 Å². The molecule has 8 rings (SSSR count). The summed E-state index contributed by atoms with van der Waals surface area (Å²) in [7, 11) is 0. The van der Waals surface area contributed by atoms with E-state index in [0.717, 1.165) is 12.8 Å². The maximum absolute atomic E-state index is 11.7. The lowest BCUT2D eigenvalue weighted by atomic mass is 9.85. The molecule has 13 unspecified atom stereocenters. The molecule has 4 aliphatic rings. The van der Waals surface area contributed by atoms with Crippen LogP contribution in [-0.2, 0) is 0 Å². The number of anilines is 8. The summed E-state index contributed by atoms with van der Waals surface area (Å²) < 4.78 is 65.9. The maximum atomic E-state index is 11.7. The minimum Gasteiger partial charge on any atom is -0.393 e. The van der Waals surface area contributed by atoms with Crippen LogP contribution in [0.2, 0.25) is 0 Å². The second-order valence-electron chi connectivity index (χ2n) is 28.1. The molecule has 28 nitrogen and oxygen atoms in total. The molecule has 0 spiro atoms. The third-order valence-corrected chi connectivity index (χ3v) is 14.7. The fraction of sp³-hybridized carbons (Fsp3) is 0.688. The average Bonchev–Trinajstić information content (AvgIpc) is 0.764. The number of amides is 4. The first-order chi connectivity index (χ1) is 45.5. The van der Waals surface area contributed by atoms with Crippen LogP contribution in [0.4, 0.5) is 47.1 Å². The molecule has 28 heteroatoms. The van der Waals surface area contributed by atoms with E-state index in [1.165, 1.54) is 31.7 Å². The monoisotopic (exact) mass is 1290 g/mol. The SMILES string of the molecule is [2H]C1(Nc2nc(NC(C)(C)C)ncc2C(N)=O)CCC(C)C([2H])(O)C1.[2H]C1(Nc2nc(NC(C)(C)C)ncc2C(N)=O)CCC([2H])(C)C([2H])(O)C1.[2H]C1([2H])C(Nc2nc(NC(C)(C)C)ncc2C(N)=O)CCC(C)C1O.[2H]C1C(Nc2nc(NC(C)(C)C)ncc2C(N)=O)CCC(C)C1O. The summed E-state index contributed by atoms with van der Waals surface area (Å²) in [6, 6.07) is -3.77. The highest BCUT2D eigenvalue weighted by Crippen LogP contribution is 2.32. The van der Waals surface area contributed by atoms with E-state index in [-0.39, 0.29) is 117 Å². The summed E-state index contributed by atoms with van der Waals surface area (Å²) in [4.78, 5) is 80.3. The van der Waals surface area contributed by atoms with Crippen LogP contribution in [0.25, 0.3) is 0 Å². The van der Waals surface area contributed by atoms with Crippen molar-refractivity contribution in [3.63, 3.8) is 0 Å². The van der Waals surface area contributed by atoms with Crippen molar-refractivity contribution in [2.24, 2.45) is 46.6 Å². The van der Waals surface area contributed by atoms with Crippen LogP contribution in [-0.4, -0.2) is 155 Å². The van der Waals surface area contributed by atoms with Gasteiger partial charge in [0, 0.05) is 76.5 Å². The van der Waals surface area contributed by atoms with Gasteiger partial charge < -0.3 is 85.9 Å². The molecule has 92 heavy (non-hydrogen) atoms. The van der Waals surface area contributed by atoms with Gasteiger partial charge in [-0.1, -0.05) is 27.7 Å². The van der Waals surface area contributed by atoms with Crippen molar-refractivity contribution >= 4 is 70.7 Å². The Morgan fingerprint density at radius 1 is 0.435 bits per heavy atom. The second kappa shape index (κ2) is 32.3. The van der Waals surface area contributed by atoms with Gasteiger partial charge in [0.05, 0.1) is 52.1 Å². The number of nitrogens with two attached hydrogens (primary N) is 4. The highest BCUT2D eigenvalue weighted by atomic mass is 16.3. The standard InChI is InChI=1S/4C16H27N5O2/c4*1-9-5-6-10(7-12(9)22)19-14-11(13(17)23)8-18-15(20-14)21-16(2,3)4/h4*8-10,12,22H,5-7H2,1-4H3,(H2,17,23)(H2,18,19,20,21)/i9D,10D,12D;10D,12D;7D2;7D. The van der Waals surface area contributed by atoms with Crippen LogP contribution < -0.4 is 65.5 Å². The van der Waals surface area contributed by atoms with Crippen LogP contribution in [0.5, 0.6) is 0 Å². The van der Waals surface area contributed by atoms with Gasteiger partial charge in [-0.3, -0.25) is 19.2 Å². The van der Waals surface area contributed by atoms with E-state index in [4.69, 9.17) is 33.9 Å². The smallest absolute Gasteiger partial charge is 0.254 e. The lowest BCUT2D eigenvalue weighted by Crippen LogP contribution is -2.36. The van der Waals surface area contributed by atoms with E-state index in [1.807, 2.05) is 96.9 Å². The van der Waals surface area contributed by atoms with Gasteiger partial charge in [0.1, 0.15) is 23.3 Å². The summed E-state index contributed by atoms with van der Waals surface area (Å²) in [6.07, 6.45) is 0.702. The van der Waals surface area contributed by atoms with Gasteiger partial charge in [-0.2, -0.15) is 19.9 Å². The molecule has 13 atom stereocenters. The summed E-state index contributed by atoms with van der Waals surface area (Å²) in [6.45, 7) is 30.4. The fourth-order valence-corrected chi connectivity index (χ4v) is 9.51. The topological polar surface area (TPSA) is 453 Å². The van der Waals surface area contributed by atoms with E-state index in [9.17, 15) is 39.6 Å². The zero-order chi connectivity index (χ0) is 76.1. The first-order valence-corrected chi connectivity index (χ1v) is 31.1. The number of aliphatic hydroxyl groups is 4. The van der Waals surface area contributed by atoms with E-state index in [1.54, 1.807) is 6.92 Å². The Balaban J connectivity index is 0.000000240. The van der Waals surface area contributed by atoms with Crippen LogP contribution in [0, 0.1) is 23.6 Å². The molecule has 0 aliphatic heterocycles. The molecular formula is C64H108N20O8. The lowest BCUT2D eigenvalue weighted by Gasteiger charge is -2.32. The first-order valence-electron chi connectivity index (χ1n) is 35.2. The zero-order valence-corrected chi connectivity index (χ0v) is 56.3. The molecule has 0 aromatic carbocycles. The van der Waals surface area contributed by atoms with Gasteiger partial charge in [-0.05, 0) is 184 Å². The van der Waals surface area contributed by atoms with Crippen molar-refractivity contribution in [1.29, 1.82) is 0 Å². The molecule has 0 saturated heterocycles. The molecule has 4 aromatic heterocycles. The van der Waals surface area contributed by atoms with Crippen LogP contribution >= 0.6 is 0 Å². The maximum Gasteiger partial charge on any atom is 0.254 e. The van der Waals surface area contributed by atoms with Crippen molar-refractivity contribution in [3.05, 3.63) is 47.0 Å². The molecular weight excluding hydrogens is 1180 g/mol. The number of nitrogens with one attached hydrogen (secondary N) is 8. The number of carbonyl (C=O) groups is 4. The van der Waals surface area contributed by atoms with Gasteiger partial charge in [0.15, 0.2) is 0 Å². The molecule has 4 heterocycles. The highest BCUT2D eigenvalue weighted by Gasteiger charge is 2.32. The molecule has 4 amide bonds. The Morgan fingerprint density at radius 3 is 1.08 bits per heavy atom. The number of rotatable bonds is 16. The second-order valence-corrected chi connectivity index (χ2v) is 28.1. The minimum atomic E-state index is -2.10. The number of aliphatic hydroxyl groups excluding tert-OH is 2. The zero-order valence-electron chi connectivity index (χ0n) is 64.3. The van der Waals surface area contributed by atoms with E-state index < -0.39 is 84.7 Å². The normalized spacial score (nSPS) is 31.6. The number of primary amides is 4. The predicted molar refractivity (Wildman–Crippen MR) is 361 cm³/mol. The number of carbonyl (C=O) groups excluding carboxylic acids is 4. The van der Waals surface area contributed by atoms with Crippen molar-refractivity contribution in [3.8, 4) is 0 Å². The van der Waals surface area contributed by atoms with Gasteiger partial charge in [-0.25, -0.2) is 19.9 Å². The molecule has 512 valence electrons. The van der Waals surface area contributed by atoms with Gasteiger partial charge in [0.25, 0.3) is 23.6 Å². The van der Waals surface area contributed by atoms with Gasteiger partial charge in [-0.15, -0.1) is 0 Å². The average molecular weight is 1290 g/mol. The molecule has 0 bridgehead atoms. The number of hydrogen-bond donors (Lipinski definition) is 16. The highest BCUT2D eigenvalue weighted by molar-refractivity contribution is 5.99. The van der Waals surface area contributed by atoms with Crippen molar-refractivity contribution < 1.29 is 50.6 Å². The quantitative estimate of drug-likeness (QED) is 0.0537. The minimum absolute atomic E-state index is 0.0174. The Labute approximate surface area is 554 Å². The number of nitrogens with zero attached hydrogens (tertiary/aromatic N) is 8. The van der Waals surface area contributed by atoms with Crippen molar-refractivity contribution in [1.82, 2.24) is 39.9 Å². The van der Waals surface area contributed by atoms with Crippen LogP contribution in [0.3, 0.4) is 0 Å². The molecule has 0 radical (unpaired) electrons. The van der Waals surface area contributed by atoms with Crippen LogP contribution in [0.15, 0.2) is 24.8 Å². The molecule has 20 N–H and O–H groups in total. The van der Waals surface area contributed by atoms with E-state index >= 15 is 0 Å². The van der Waals surface area contributed by atoms with Crippen molar-refractivity contribution in [2.45, 2.75) is 258 Å². The van der Waals surface area contributed by atoms with Gasteiger partial charge >= 0.3 is 0 Å². The summed E-state index contributed by atoms with van der Waals surface area (Å²) in [5.74, 6) is -2.52. The van der Waals surface area contributed by atoms with Crippen LogP contribution in [0.1, 0.15) is 240 Å². The molecule has 4 fully saturated rings.